The van der Waals surface area contributed by atoms with Gasteiger partial charge < -0.3 is 10.2 Å². The molecular formula is C28H31N5O2. The Balaban J connectivity index is 1.44. The molecule has 1 amide bonds. The fraction of sp³-hybridized carbons (Fsp3) is 0.393. The minimum absolute atomic E-state index is 0.0646. The maximum absolute atomic E-state index is 12.3. The number of rotatable bonds is 7. The van der Waals surface area contributed by atoms with E-state index in [4.69, 9.17) is 9.97 Å². The second kappa shape index (κ2) is 9.94. The van der Waals surface area contributed by atoms with Crippen molar-refractivity contribution >= 4 is 23.2 Å². The third kappa shape index (κ3) is 5.56. The van der Waals surface area contributed by atoms with Crippen molar-refractivity contribution in [3.05, 3.63) is 66.2 Å². The van der Waals surface area contributed by atoms with E-state index in [0.717, 1.165) is 54.0 Å². The molecule has 2 aliphatic rings. The van der Waals surface area contributed by atoms with E-state index in [1.807, 2.05) is 47.4 Å². The highest BCUT2D eigenvalue weighted by Gasteiger charge is 2.30. The molecule has 2 fully saturated rings. The van der Waals surface area contributed by atoms with E-state index in [0.29, 0.717) is 24.6 Å². The number of carbonyl (C=O) groups is 2. The molecule has 1 aromatic carbocycles. The van der Waals surface area contributed by atoms with Crippen LogP contribution in [0.15, 0.2) is 54.9 Å². The Labute approximate surface area is 206 Å². The maximum atomic E-state index is 12.3. The summed E-state index contributed by atoms with van der Waals surface area (Å²) in [4.78, 5) is 40.4. The van der Waals surface area contributed by atoms with Crippen LogP contribution in [0.4, 0.5) is 11.5 Å². The Morgan fingerprint density at radius 2 is 1.91 bits per heavy atom. The average molecular weight is 470 g/mol. The zero-order valence-electron chi connectivity index (χ0n) is 20.3. The number of hydrogen-bond donors (Lipinski definition) is 1. The smallest absolute Gasteiger partial charge is 0.219 e. The number of piperidine rings is 1. The summed E-state index contributed by atoms with van der Waals surface area (Å²) in [6.07, 6.45) is 7.91. The molecule has 180 valence electrons. The summed E-state index contributed by atoms with van der Waals surface area (Å²) in [5.74, 6) is 2.15. The van der Waals surface area contributed by atoms with Crippen LogP contribution in [0.1, 0.15) is 56.8 Å². The van der Waals surface area contributed by atoms with Crippen LogP contribution in [0.5, 0.6) is 0 Å². The fourth-order valence-electron chi connectivity index (χ4n) is 4.79. The molecule has 2 aromatic heterocycles. The maximum Gasteiger partial charge on any atom is 0.219 e. The molecule has 7 heteroatoms. The van der Waals surface area contributed by atoms with Gasteiger partial charge in [0.1, 0.15) is 17.4 Å². The van der Waals surface area contributed by atoms with Gasteiger partial charge in [0.05, 0.1) is 5.69 Å². The highest BCUT2D eigenvalue weighted by Crippen LogP contribution is 2.33. The van der Waals surface area contributed by atoms with Gasteiger partial charge in [0.25, 0.3) is 0 Å². The molecule has 1 saturated carbocycles. The van der Waals surface area contributed by atoms with Crippen LogP contribution < -0.4 is 5.32 Å². The molecule has 3 heterocycles. The molecule has 0 unspecified atom stereocenters. The number of nitrogens with zero attached hydrogens (tertiary/aromatic N) is 4. The van der Waals surface area contributed by atoms with Crippen molar-refractivity contribution in [2.45, 2.75) is 57.9 Å². The van der Waals surface area contributed by atoms with Crippen LogP contribution in [0.25, 0.3) is 11.3 Å². The molecule has 1 saturated heterocycles. The van der Waals surface area contributed by atoms with Gasteiger partial charge >= 0.3 is 0 Å². The van der Waals surface area contributed by atoms with Gasteiger partial charge in [-0.15, -0.1) is 0 Å². The zero-order chi connectivity index (χ0) is 24.4. The SMILES string of the molecule is CC(=O)N1C[C@H](c2nc(Nc3cccc(CC(=O)C4CC4)c3)cc(-c3cccnc3)n2)CC[C@@H]1C. The van der Waals surface area contributed by atoms with Crippen molar-refractivity contribution in [1.29, 1.82) is 0 Å². The lowest BCUT2D eigenvalue weighted by Crippen LogP contribution is -2.44. The number of amides is 1. The molecule has 7 nitrogen and oxygen atoms in total. The van der Waals surface area contributed by atoms with E-state index < -0.39 is 0 Å². The second-order valence-electron chi connectivity index (χ2n) is 9.78. The number of ketones is 1. The standard InChI is InChI=1S/C28H31N5O2/c1-18-8-9-23(17-33(18)19(2)34)28-31-25(22-6-4-12-29-16-22)15-27(32-28)30-24-7-3-5-20(13-24)14-26(35)21-10-11-21/h3-7,12-13,15-16,18,21,23H,8-11,14,17H2,1-2H3,(H,30,31,32)/t18-,23+/m0/s1. The van der Waals surface area contributed by atoms with Crippen LogP contribution >= 0.6 is 0 Å². The van der Waals surface area contributed by atoms with Crippen LogP contribution in [0, 0.1) is 5.92 Å². The van der Waals surface area contributed by atoms with Crippen molar-refractivity contribution in [2.75, 3.05) is 11.9 Å². The van der Waals surface area contributed by atoms with Crippen molar-refractivity contribution in [1.82, 2.24) is 19.9 Å². The van der Waals surface area contributed by atoms with Crippen molar-refractivity contribution in [3.63, 3.8) is 0 Å². The van der Waals surface area contributed by atoms with Gasteiger partial charge in [0, 0.05) is 67.5 Å². The molecular weight excluding hydrogens is 438 g/mol. The largest absolute Gasteiger partial charge is 0.340 e. The molecule has 0 spiro atoms. The van der Waals surface area contributed by atoms with E-state index in [1.165, 1.54) is 0 Å². The molecule has 0 radical (unpaired) electrons. The minimum atomic E-state index is 0.0646. The third-order valence-electron chi connectivity index (χ3n) is 6.96. The highest BCUT2D eigenvalue weighted by molar-refractivity contribution is 5.85. The third-order valence-corrected chi connectivity index (χ3v) is 6.96. The normalized spacial score (nSPS) is 19.9. The lowest BCUT2D eigenvalue weighted by molar-refractivity contribution is -0.132. The van der Waals surface area contributed by atoms with Crippen LogP contribution in [0.3, 0.4) is 0 Å². The second-order valence-corrected chi connectivity index (χ2v) is 9.78. The Hall–Kier alpha value is -3.61. The van der Waals surface area contributed by atoms with Crippen molar-refractivity contribution in [2.24, 2.45) is 5.92 Å². The quantitative estimate of drug-likeness (QED) is 0.529. The van der Waals surface area contributed by atoms with E-state index in [2.05, 4.69) is 17.2 Å². The summed E-state index contributed by atoms with van der Waals surface area (Å²) in [7, 11) is 0. The molecule has 1 N–H and O–H groups in total. The van der Waals surface area contributed by atoms with Crippen molar-refractivity contribution in [3.8, 4) is 11.3 Å². The lowest BCUT2D eigenvalue weighted by atomic mass is 9.92. The van der Waals surface area contributed by atoms with Gasteiger partial charge in [-0.2, -0.15) is 0 Å². The Kier molecular flexibility index (Phi) is 6.57. The topological polar surface area (TPSA) is 88.1 Å². The number of Topliss-reactive ketones (excluding diaryl/α,β-unsaturated/α-hetero) is 1. The predicted molar refractivity (Wildman–Crippen MR) is 135 cm³/mol. The summed E-state index contributed by atoms with van der Waals surface area (Å²) in [5.41, 5.74) is 3.59. The van der Waals surface area contributed by atoms with E-state index in [9.17, 15) is 9.59 Å². The summed E-state index contributed by atoms with van der Waals surface area (Å²) in [6.45, 7) is 4.34. The van der Waals surface area contributed by atoms with Crippen LogP contribution in [-0.2, 0) is 16.0 Å². The molecule has 0 bridgehead atoms. The van der Waals surface area contributed by atoms with Crippen LogP contribution in [-0.4, -0.2) is 44.1 Å². The van der Waals surface area contributed by atoms with E-state index in [1.54, 1.807) is 19.3 Å². The summed E-state index contributed by atoms with van der Waals surface area (Å²) >= 11 is 0. The van der Waals surface area contributed by atoms with Gasteiger partial charge in [-0.05, 0) is 62.4 Å². The number of likely N-dealkylation sites (tertiary alicyclic amines) is 1. The number of benzene rings is 1. The van der Waals surface area contributed by atoms with Gasteiger partial charge in [-0.25, -0.2) is 9.97 Å². The summed E-state index contributed by atoms with van der Waals surface area (Å²) in [6, 6.07) is 14.0. The predicted octanol–water partition coefficient (Wildman–Crippen LogP) is 4.92. The summed E-state index contributed by atoms with van der Waals surface area (Å²) < 4.78 is 0. The van der Waals surface area contributed by atoms with E-state index in [-0.39, 0.29) is 23.8 Å². The highest BCUT2D eigenvalue weighted by atomic mass is 16.2. The van der Waals surface area contributed by atoms with Gasteiger partial charge in [-0.1, -0.05) is 12.1 Å². The zero-order valence-corrected chi connectivity index (χ0v) is 20.3. The Bertz CT molecular complexity index is 1230. The number of aromatic nitrogens is 3. The number of pyridine rings is 1. The number of carbonyl (C=O) groups excluding carboxylic acids is 2. The van der Waals surface area contributed by atoms with E-state index >= 15 is 0 Å². The lowest BCUT2D eigenvalue weighted by Gasteiger charge is -2.37. The first-order valence-corrected chi connectivity index (χ1v) is 12.4. The van der Waals surface area contributed by atoms with Gasteiger partial charge in [0.2, 0.25) is 5.91 Å². The fourth-order valence-corrected chi connectivity index (χ4v) is 4.79. The molecule has 35 heavy (non-hydrogen) atoms. The van der Waals surface area contributed by atoms with Gasteiger partial charge in [-0.3, -0.25) is 14.6 Å². The average Bonchev–Trinajstić information content (AvgIpc) is 3.71. The number of anilines is 2. The molecule has 2 atom stereocenters. The molecule has 1 aliphatic heterocycles. The Morgan fingerprint density at radius 1 is 1.06 bits per heavy atom. The number of nitrogens with one attached hydrogen (secondary N) is 1. The first-order chi connectivity index (χ1) is 17.0. The first kappa shape index (κ1) is 23.1. The first-order valence-electron chi connectivity index (χ1n) is 12.4. The summed E-state index contributed by atoms with van der Waals surface area (Å²) in [5, 5.41) is 3.43. The minimum Gasteiger partial charge on any atom is -0.340 e. The Morgan fingerprint density at radius 3 is 2.66 bits per heavy atom. The van der Waals surface area contributed by atoms with Crippen LogP contribution in [0.2, 0.25) is 0 Å². The van der Waals surface area contributed by atoms with Gasteiger partial charge in [0.15, 0.2) is 0 Å². The van der Waals surface area contributed by atoms with Crippen molar-refractivity contribution < 1.29 is 9.59 Å². The molecule has 5 rings (SSSR count). The molecule has 1 aliphatic carbocycles. The molecule has 3 aromatic rings. The number of hydrogen-bond acceptors (Lipinski definition) is 6. The monoisotopic (exact) mass is 469 g/mol.